The van der Waals surface area contributed by atoms with E-state index in [9.17, 15) is 13.2 Å². The minimum atomic E-state index is -3.61. The molecular formula is C19H25NO3S. The minimum absolute atomic E-state index is 0.234. The van der Waals surface area contributed by atoms with Gasteiger partial charge < -0.3 is 0 Å². The Morgan fingerprint density at radius 3 is 2.50 bits per heavy atom. The van der Waals surface area contributed by atoms with E-state index in [0.29, 0.717) is 19.4 Å². The van der Waals surface area contributed by atoms with Crippen LogP contribution in [-0.4, -0.2) is 31.1 Å². The van der Waals surface area contributed by atoms with Crippen molar-refractivity contribution in [2.75, 3.05) is 6.54 Å². The van der Waals surface area contributed by atoms with Gasteiger partial charge in [0.05, 0.1) is 10.9 Å². The number of ketones is 1. The van der Waals surface area contributed by atoms with Crippen molar-refractivity contribution in [2.24, 2.45) is 0 Å². The molecule has 0 aromatic heterocycles. The zero-order valence-electron chi connectivity index (χ0n) is 14.4. The zero-order chi connectivity index (χ0) is 17.6. The van der Waals surface area contributed by atoms with E-state index in [2.05, 4.69) is 18.8 Å². The smallest absolute Gasteiger partial charge is 0.243 e. The Hall–Kier alpha value is -1.64. The molecule has 0 bridgehead atoms. The Labute approximate surface area is 145 Å². The van der Waals surface area contributed by atoms with Crippen molar-refractivity contribution in [2.45, 2.75) is 63.3 Å². The summed E-state index contributed by atoms with van der Waals surface area (Å²) in [7, 11) is -3.61. The third-order valence-corrected chi connectivity index (χ3v) is 6.19. The summed E-state index contributed by atoms with van der Waals surface area (Å²) in [6.07, 6.45) is 5.71. The molecule has 1 fully saturated rings. The summed E-state index contributed by atoms with van der Waals surface area (Å²) >= 11 is 0. The number of carbonyl (C=O) groups is 1. The molecule has 1 heterocycles. The fraction of sp³-hybridized carbons (Fsp3) is 0.526. The van der Waals surface area contributed by atoms with Crippen LogP contribution >= 0.6 is 0 Å². The predicted molar refractivity (Wildman–Crippen MR) is 95.0 cm³/mol. The molecule has 4 nitrogen and oxygen atoms in total. The summed E-state index contributed by atoms with van der Waals surface area (Å²) in [5.41, 5.74) is 0.999. The van der Waals surface area contributed by atoms with E-state index in [1.54, 1.807) is 24.3 Å². The van der Waals surface area contributed by atoms with Gasteiger partial charge in [0, 0.05) is 13.0 Å². The topological polar surface area (TPSA) is 54.5 Å². The third kappa shape index (κ3) is 4.46. The molecular weight excluding hydrogens is 322 g/mol. The molecule has 2 rings (SSSR count). The molecule has 0 radical (unpaired) electrons. The number of nitrogens with zero attached hydrogens (tertiary/aromatic N) is 1. The number of aryl methyl sites for hydroxylation is 1. The van der Waals surface area contributed by atoms with E-state index in [-0.39, 0.29) is 10.7 Å². The van der Waals surface area contributed by atoms with Crippen molar-refractivity contribution in [1.82, 2.24) is 4.31 Å². The Morgan fingerprint density at radius 1 is 1.21 bits per heavy atom. The molecule has 1 aliphatic heterocycles. The monoisotopic (exact) mass is 347 g/mol. The molecule has 1 atom stereocenters. The molecule has 0 N–H and O–H groups in total. The molecule has 5 heteroatoms. The van der Waals surface area contributed by atoms with Gasteiger partial charge in [-0.2, -0.15) is 4.31 Å². The van der Waals surface area contributed by atoms with Gasteiger partial charge in [-0.1, -0.05) is 49.8 Å². The third-order valence-electron chi connectivity index (χ3n) is 4.27. The molecule has 1 saturated heterocycles. The molecule has 24 heavy (non-hydrogen) atoms. The van der Waals surface area contributed by atoms with Crippen LogP contribution in [0.4, 0.5) is 0 Å². The molecule has 0 amide bonds. The van der Waals surface area contributed by atoms with E-state index in [0.717, 1.165) is 18.4 Å². The van der Waals surface area contributed by atoms with Crippen molar-refractivity contribution >= 4 is 15.8 Å². The Bertz CT molecular complexity index is 726. The molecule has 1 aliphatic rings. The Balaban J connectivity index is 1.97. The summed E-state index contributed by atoms with van der Waals surface area (Å²) in [4.78, 5) is 12.4. The molecule has 1 aromatic rings. The second-order valence-electron chi connectivity index (χ2n) is 6.21. The van der Waals surface area contributed by atoms with Gasteiger partial charge in [-0.15, -0.1) is 0 Å². The van der Waals surface area contributed by atoms with Crippen LogP contribution in [0.2, 0.25) is 0 Å². The molecule has 0 saturated carbocycles. The second-order valence-corrected chi connectivity index (χ2v) is 8.10. The summed E-state index contributed by atoms with van der Waals surface area (Å²) in [5, 5.41) is 0. The van der Waals surface area contributed by atoms with E-state index in [4.69, 9.17) is 0 Å². The van der Waals surface area contributed by atoms with E-state index in [1.165, 1.54) is 17.1 Å². The first-order chi connectivity index (χ1) is 11.5. The number of hydrogen-bond acceptors (Lipinski definition) is 3. The largest absolute Gasteiger partial charge is 0.283 e. The summed E-state index contributed by atoms with van der Waals surface area (Å²) in [6.45, 7) is 4.43. The number of rotatable bonds is 7. The lowest BCUT2D eigenvalue weighted by molar-refractivity contribution is -0.119. The van der Waals surface area contributed by atoms with Crippen LogP contribution in [0.25, 0.3) is 0 Å². The van der Waals surface area contributed by atoms with Gasteiger partial charge in [-0.3, -0.25) is 4.79 Å². The van der Waals surface area contributed by atoms with Crippen molar-refractivity contribution in [1.29, 1.82) is 0 Å². The van der Waals surface area contributed by atoms with Gasteiger partial charge in [0.1, 0.15) is 0 Å². The fourth-order valence-electron chi connectivity index (χ4n) is 2.63. The zero-order valence-corrected chi connectivity index (χ0v) is 15.2. The SMILES string of the molecule is CCCCCCC#CC(=O)C1CCN1S(=O)(=O)c1ccc(C)cc1. The van der Waals surface area contributed by atoms with Gasteiger partial charge in [0.25, 0.3) is 0 Å². The van der Waals surface area contributed by atoms with Gasteiger partial charge in [-0.25, -0.2) is 8.42 Å². The van der Waals surface area contributed by atoms with Gasteiger partial charge >= 0.3 is 0 Å². The van der Waals surface area contributed by atoms with Crippen LogP contribution in [0.3, 0.4) is 0 Å². The van der Waals surface area contributed by atoms with Crippen molar-refractivity contribution in [3.8, 4) is 11.8 Å². The van der Waals surface area contributed by atoms with E-state index >= 15 is 0 Å². The van der Waals surface area contributed by atoms with Crippen LogP contribution in [0.5, 0.6) is 0 Å². The maximum Gasteiger partial charge on any atom is 0.243 e. The summed E-state index contributed by atoms with van der Waals surface area (Å²) < 4.78 is 26.5. The minimum Gasteiger partial charge on any atom is -0.283 e. The lowest BCUT2D eigenvalue weighted by atomic mass is 10.0. The van der Waals surface area contributed by atoms with Gasteiger partial charge in [-0.05, 0) is 37.8 Å². The van der Waals surface area contributed by atoms with Gasteiger partial charge in [0.15, 0.2) is 0 Å². The van der Waals surface area contributed by atoms with E-state index in [1.807, 2.05) is 6.92 Å². The maximum atomic E-state index is 12.6. The molecule has 1 unspecified atom stereocenters. The molecule has 0 aliphatic carbocycles. The van der Waals surface area contributed by atoms with Crippen LogP contribution in [0.1, 0.15) is 51.0 Å². The second kappa shape index (κ2) is 8.46. The highest BCUT2D eigenvalue weighted by Gasteiger charge is 2.42. The lowest BCUT2D eigenvalue weighted by Crippen LogP contribution is -2.54. The summed E-state index contributed by atoms with van der Waals surface area (Å²) in [5.74, 6) is 5.24. The summed E-state index contributed by atoms with van der Waals surface area (Å²) in [6, 6.07) is 6.08. The van der Waals surface area contributed by atoms with Crippen molar-refractivity contribution < 1.29 is 13.2 Å². The Kier molecular flexibility index (Phi) is 6.59. The quantitative estimate of drug-likeness (QED) is 0.432. The van der Waals surface area contributed by atoms with E-state index < -0.39 is 16.1 Å². The molecule has 1 aromatic carbocycles. The van der Waals surface area contributed by atoms with Gasteiger partial charge in [0.2, 0.25) is 15.8 Å². The average Bonchev–Trinajstić information content (AvgIpc) is 2.49. The van der Waals surface area contributed by atoms with Crippen LogP contribution < -0.4 is 0 Å². The normalized spacial score (nSPS) is 17.7. The maximum absolute atomic E-state index is 12.6. The number of unbranched alkanes of at least 4 members (excludes halogenated alkanes) is 4. The highest BCUT2D eigenvalue weighted by Crippen LogP contribution is 2.27. The number of benzene rings is 1. The van der Waals surface area contributed by atoms with Crippen LogP contribution in [0, 0.1) is 18.8 Å². The number of hydrogen-bond donors (Lipinski definition) is 0. The standard InChI is InChI=1S/C19H25NO3S/c1-3-4-5-6-7-8-9-19(21)18-14-15-20(18)24(22,23)17-12-10-16(2)11-13-17/h10-13,18H,3-7,14-15H2,1-2H3. The lowest BCUT2D eigenvalue weighted by Gasteiger charge is -2.37. The highest BCUT2D eigenvalue weighted by atomic mass is 32.2. The fourth-order valence-corrected chi connectivity index (χ4v) is 4.26. The first kappa shape index (κ1) is 18.7. The average molecular weight is 347 g/mol. The van der Waals surface area contributed by atoms with Crippen molar-refractivity contribution in [3.63, 3.8) is 0 Å². The van der Waals surface area contributed by atoms with Crippen LogP contribution in [-0.2, 0) is 14.8 Å². The first-order valence-electron chi connectivity index (χ1n) is 8.58. The number of carbonyl (C=O) groups excluding carboxylic acids is 1. The molecule has 130 valence electrons. The van der Waals surface area contributed by atoms with Crippen LogP contribution in [0.15, 0.2) is 29.2 Å². The predicted octanol–water partition coefficient (Wildman–Crippen LogP) is 3.30. The number of sulfonamides is 1. The Morgan fingerprint density at radius 2 is 1.92 bits per heavy atom. The first-order valence-corrected chi connectivity index (χ1v) is 10.0. The van der Waals surface area contributed by atoms with Crippen molar-refractivity contribution in [3.05, 3.63) is 29.8 Å². The number of Topliss-reactive ketones (excluding diaryl/α,β-unsaturated/α-hetero) is 1. The molecule has 0 spiro atoms. The highest BCUT2D eigenvalue weighted by molar-refractivity contribution is 7.89.